The van der Waals surface area contributed by atoms with E-state index in [1.807, 2.05) is 0 Å². The van der Waals surface area contributed by atoms with Crippen molar-refractivity contribution in [3.8, 4) is 0 Å². The van der Waals surface area contributed by atoms with E-state index in [2.05, 4.69) is 0 Å². The standard InChI is InChI=1S/C8H15NO4/c1-9(2,3)6(8(12)13)4-5-7(10)11/h6H,4-5H2,1-3H3,(H-,10,11,12,13)/p+1/t6-/m0/s1. The van der Waals surface area contributed by atoms with Gasteiger partial charge < -0.3 is 14.7 Å². The minimum Gasteiger partial charge on any atom is -0.481 e. The van der Waals surface area contributed by atoms with Gasteiger partial charge in [0.1, 0.15) is 0 Å². The van der Waals surface area contributed by atoms with Crippen LogP contribution in [0.15, 0.2) is 0 Å². The number of hydrogen-bond acceptors (Lipinski definition) is 2. The van der Waals surface area contributed by atoms with Crippen LogP contribution in [0.1, 0.15) is 12.8 Å². The van der Waals surface area contributed by atoms with Gasteiger partial charge >= 0.3 is 11.9 Å². The maximum atomic E-state index is 10.8. The van der Waals surface area contributed by atoms with Gasteiger partial charge in [-0.15, -0.1) is 0 Å². The van der Waals surface area contributed by atoms with Crippen LogP contribution < -0.4 is 0 Å². The van der Waals surface area contributed by atoms with Gasteiger partial charge in [-0.25, -0.2) is 4.79 Å². The molecule has 0 aromatic carbocycles. The van der Waals surface area contributed by atoms with Crippen LogP contribution in [0.5, 0.6) is 0 Å². The molecule has 0 aliphatic rings. The molecule has 76 valence electrons. The first-order valence-corrected chi connectivity index (χ1v) is 4.01. The Hall–Kier alpha value is -1.10. The van der Waals surface area contributed by atoms with Crippen LogP contribution in [0.25, 0.3) is 0 Å². The van der Waals surface area contributed by atoms with Crippen LogP contribution in [0.2, 0.25) is 0 Å². The van der Waals surface area contributed by atoms with Crippen LogP contribution in [-0.4, -0.2) is 53.8 Å². The second-order valence-corrected chi connectivity index (χ2v) is 3.90. The number of quaternary nitrogens is 1. The molecule has 0 saturated heterocycles. The Morgan fingerprint density at radius 3 is 1.92 bits per heavy atom. The van der Waals surface area contributed by atoms with Crippen LogP contribution >= 0.6 is 0 Å². The summed E-state index contributed by atoms with van der Waals surface area (Å²) in [6.45, 7) is 0. The Labute approximate surface area is 77.2 Å². The molecule has 13 heavy (non-hydrogen) atoms. The largest absolute Gasteiger partial charge is 0.481 e. The lowest BCUT2D eigenvalue weighted by Gasteiger charge is -2.30. The van der Waals surface area contributed by atoms with Gasteiger partial charge in [0.15, 0.2) is 6.04 Å². The van der Waals surface area contributed by atoms with Crippen LogP contribution in [0.4, 0.5) is 0 Å². The number of carboxylic acid groups (broad SMARTS) is 2. The molecule has 0 aliphatic carbocycles. The molecule has 0 radical (unpaired) electrons. The van der Waals surface area contributed by atoms with E-state index >= 15 is 0 Å². The van der Waals surface area contributed by atoms with E-state index in [0.29, 0.717) is 0 Å². The molecule has 1 atom stereocenters. The van der Waals surface area contributed by atoms with E-state index in [4.69, 9.17) is 10.2 Å². The lowest BCUT2D eigenvalue weighted by molar-refractivity contribution is -0.887. The minimum atomic E-state index is -0.959. The second kappa shape index (κ2) is 4.23. The van der Waals surface area contributed by atoms with Gasteiger partial charge in [0.2, 0.25) is 0 Å². The average molecular weight is 190 g/mol. The predicted octanol–water partition coefficient (Wildman–Crippen LogP) is 0.0106. The average Bonchev–Trinajstić information content (AvgIpc) is 1.81. The number of carboxylic acids is 2. The summed E-state index contributed by atoms with van der Waals surface area (Å²) in [6.07, 6.45) is 0.0562. The van der Waals surface area contributed by atoms with E-state index in [0.717, 1.165) is 0 Å². The fourth-order valence-corrected chi connectivity index (χ4v) is 1.10. The van der Waals surface area contributed by atoms with Crippen LogP contribution in [0.3, 0.4) is 0 Å². The molecule has 5 nitrogen and oxygen atoms in total. The Morgan fingerprint density at radius 2 is 1.69 bits per heavy atom. The van der Waals surface area contributed by atoms with Crippen molar-refractivity contribution in [2.45, 2.75) is 18.9 Å². The topological polar surface area (TPSA) is 74.6 Å². The van der Waals surface area contributed by atoms with Crippen LogP contribution in [0, 0.1) is 0 Å². The highest BCUT2D eigenvalue weighted by molar-refractivity contribution is 5.73. The first kappa shape index (κ1) is 11.9. The van der Waals surface area contributed by atoms with Crippen molar-refractivity contribution in [2.24, 2.45) is 0 Å². The molecule has 2 N–H and O–H groups in total. The second-order valence-electron chi connectivity index (χ2n) is 3.90. The molecule has 0 saturated carbocycles. The molecule has 5 heteroatoms. The number of rotatable bonds is 5. The third-order valence-corrected chi connectivity index (χ3v) is 1.85. The summed E-state index contributed by atoms with van der Waals surface area (Å²) in [5, 5.41) is 17.2. The summed E-state index contributed by atoms with van der Waals surface area (Å²) in [5.74, 6) is -1.91. The molecule has 0 aliphatic heterocycles. The highest BCUT2D eigenvalue weighted by Gasteiger charge is 2.31. The normalized spacial score (nSPS) is 13.8. The van der Waals surface area contributed by atoms with Gasteiger partial charge in [-0.2, -0.15) is 0 Å². The van der Waals surface area contributed by atoms with E-state index in [9.17, 15) is 9.59 Å². The zero-order valence-electron chi connectivity index (χ0n) is 8.15. The molecule has 0 aromatic rings. The molecule has 0 spiro atoms. The summed E-state index contributed by atoms with van der Waals surface area (Å²) in [5.41, 5.74) is 0. The fraction of sp³-hybridized carbons (Fsp3) is 0.750. The van der Waals surface area contributed by atoms with Gasteiger partial charge in [-0.3, -0.25) is 4.79 Å². The molecule has 0 bridgehead atoms. The third-order valence-electron chi connectivity index (χ3n) is 1.85. The van der Waals surface area contributed by atoms with Gasteiger partial charge in [-0.05, 0) is 0 Å². The summed E-state index contributed by atoms with van der Waals surface area (Å²) in [6, 6.07) is -0.656. The molecule has 0 amide bonds. The first-order chi connectivity index (χ1) is 5.75. The first-order valence-electron chi connectivity index (χ1n) is 4.01. The zero-order valence-corrected chi connectivity index (χ0v) is 8.15. The number of likely N-dealkylation sites (N-methyl/N-ethyl adjacent to an activating group) is 1. The fourth-order valence-electron chi connectivity index (χ4n) is 1.10. The number of aliphatic carboxylic acids is 2. The molecule has 0 aromatic heterocycles. The monoisotopic (exact) mass is 190 g/mol. The molecule has 0 unspecified atom stereocenters. The van der Waals surface area contributed by atoms with Crippen molar-refractivity contribution in [1.82, 2.24) is 0 Å². The van der Waals surface area contributed by atoms with E-state index in [1.165, 1.54) is 0 Å². The van der Waals surface area contributed by atoms with Crippen molar-refractivity contribution in [3.05, 3.63) is 0 Å². The quantitative estimate of drug-likeness (QED) is 0.599. The minimum absolute atomic E-state index is 0.105. The molecule has 0 rings (SSSR count). The van der Waals surface area contributed by atoms with Gasteiger partial charge in [0.05, 0.1) is 27.6 Å². The summed E-state index contributed by atoms with van der Waals surface area (Å²) < 4.78 is 0.239. The Balaban J connectivity index is 4.28. The summed E-state index contributed by atoms with van der Waals surface area (Å²) in [7, 11) is 5.21. The summed E-state index contributed by atoms with van der Waals surface area (Å²) >= 11 is 0. The van der Waals surface area contributed by atoms with E-state index < -0.39 is 18.0 Å². The lowest BCUT2D eigenvalue weighted by atomic mass is 10.1. The van der Waals surface area contributed by atoms with Crippen molar-refractivity contribution in [1.29, 1.82) is 0 Å². The summed E-state index contributed by atoms with van der Waals surface area (Å²) in [4.78, 5) is 21.0. The van der Waals surface area contributed by atoms with Crippen molar-refractivity contribution >= 4 is 11.9 Å². The highest BCUT2D eigenvalue weighted by Crippen LogP contribution is 2.10. The molecule has 0 heterocycles. The smallest absolute Gasteiger partial charge is 0.362 e. The number of carbonyl (C=O) groups is 2. The maximum absolute atomic E-state index is 10.8. The van der Waals surface area contributed by atoms with Gasteiger partial charge in [-0.1, -0.05) is 0 Å². The molecular weight excluding hydrogens is 174 g/mol. The van der Waals surface area contributed by atoms with Crippen molar-refractivity contribution in [3.63, 3.8) is 0 Å². The van der Waals surface area contributed by atoms with Gasteiger partial charge in [0, 0.05) is 6.42 Å². The molecular formula is C8H16NO4+. The number of hydrogen-bond donors (Lipinski definition) is 2. The van der Waals surface area contributed by atoms with E-state index in [-0.39, 0.29) is 17.3 Å². The van der Waals surface area contributed by atoms with Crippen molar-refractivity contribution < 1.29 is 24.3 Å². The van der Waals surface area contributed by atoms with Crippen LogP contribution in [-0.2, 0) is 9.59 Å². The van der Waals surface area contributed by atoms with Crippen molar-refractivity contribution in [2.75, 3.05) is 21.1 Å². The zero-order chi connectivity index (χ0) is 10.6. The maximum Gasteiger partial charge on any atom is 0.362 e. The Kier molecular flexibility index (Phi) is 3.87. The molecule has 0 fully saturated rings. The lowest BCUT2D eigenvalue weighted by Crippen LogP contribution is -2.49. The third kappa shape index (κ3) is 4.47. The Morgan fingerprint density at radius 1 is 1.23 bits per heavy atom. The predicted molar refractivity (Wildman–Crippen MR) is 46.3 cm³/mol. The number of nitrogens with zero attached hydrogens (tertiary/aromatic N) is 1. The Bertz CT molecular complexity index is 207. The van der Waals surface area contributed by atoms with E-state index in [1.54, 1.807) is 21.1 Å². The SMILES string of the molecule is C[N+](C)(C)[C@@H](CCC(=O)O)C(=O)O. The van der Waals surface area contributed by atoms with Gasteiger partial charge in [0.25, 0.3) is 0 Å². The highest BCUT2D eigenvalue weighted by atomic mass is 16.4.